The van der Waals surface area contributed by atoms with Gasteiger partial charge in [0.05, 0.1) is 13.2 Å². The zero-order chi connectivity index (χ0) is 16.4. The molecule has 3 aromatic rings. The van der Waals surface area contributed by atoms with Crippen molar-refractivity contribution >= 4 is 6.01 Å². The molecule has 2 aromatic carbocycles. The van der Waals surface area contributed by atoms with Crippen molar-refractivity contribution in [3.8, 4) is 17.1 Å². The molecule has 0 saturated carbocycles. The van der Waals surface area contributed by atoms with E-state index in [9.17, 15) is 0 Å². The number of hydrogen-bond donors (Lipinski definition) is 1. The van der Waals surface area contributed by atoms with Crippen LogP contribution in [-0.2, 0) is 6.42 Å². The van der Waals surface area contributed by atoms with E-state index in [0.29, 0.717) is 11.8 Å². The van der Waals surface area contributed by atoms with Gasteiger partial charge in [-0.25, -0.2) is 0 Å². The Bertz CT molecular complexity index is 827. The van der Waals surface area contributed by atoms with Crippen LogP contribution in [0.4, 0.5) is 6.01 Å². The second-order valence-electron chi connectivity index (χ2n) is 5.94. The standard InChI is InChI=1S/C19H19N3O2/c1-23-15-11-9-14(10-12-15)18-21-19(24-22-18)20-17-8-4-6-13-5-2-3-7-16(13)17/h2-3,5,7,9-12,17H,4,6,8H2,1H3,(H,20,21,22). The Morgan fingerprint density at radius 3 is 2.79 bits per heavy atom. The molecule has 1 atom stereocenters. The molecule has 122 valence electrons. The molecule has 5 nitrogen and oxygen atoms in total. The van der Waals surface area contributed by atoms with Gasteiger partial charge in [-0.1, -0.05) is 29.4 Å². The van der Waals surface area contributed by atoms with Crippen molar-refractivity contribution in [1.82, 2.24) is 10.1 Å². The SMILES string of the molecule is COc1ccc(-c2noc(NC3CCCc4ccccc43)n2)cc1. The third-order valence-electron chi connectivity index (χ3n) is 4.44. The average molecular weight is 321 g/mol. The number of benzene rings is 2. The van der Waals surface area contributed by atoms with E-state index in [1.807, 2.05) is 24.3 Å². The minimum absolute atomic E-state index is 0.221. The predicted molar refractivity (Wildman–Crippen MR) is 92.0 cm³/mol. The Balaban J connectivity index is 1.53. The molecule has 1 unspecified atom stereocenters. The summed E-state index contributed by atoms with van der Waals surface area (Å²) in [7, 11) is 1.65. The largest absolute Gasteiger partial charge is 0.497 e. The molecule has 0 radical (unpaired) electrons. The number of fused-ring (bicyclic) bond motifs is 1. The minimum atomic E-state index is 0.221. The topological polar surface area (TPSA) is 60.2 Å². The first kappa shape index (κ1) is 14.8. The summed E-state index contributed by atoms with van der Waals surface area (Å²) in [6.45, 7) is 0. The van der Waals surface area contributed by atoms with Gasteiger partial charge in [-0.2, -0.15) is 4.98 Å². The maximum Gasteiger partial charge on any atom is 0.322 e. The fraction of sp³-hybridized carbons (Fsp3) is 0.263. The molecular formula is C19H19N3O2. The zero-order valence-corrected chi connectivity index (χ0v) is 13.5. The maximum absolute atomic E-state index is 5.39. The van der Waals surface area contributed by atoms with E-state index in [4.69, 9.17) is 9.26 Å². The monoisotopic (exact) mass is 321 g/mol. The molecule has 1 heterocycles. The lowest BCUT2D eigenvalue weighted by Crippen LogP contribution is -2.17. The number of nitrogens with one attached hydrogen (secondary N) is 1. The number of hydrogen-bond acceptors (Lipinski definition) is 5. The van der Waals surface area contributed by atoms with Gasteiger partial charge >= 0.3 is 6.01 Å². The van der Waals surface area contributed by atoms with Gasteiger partial charge in [-0.15, -0.1) is 0 Å². The normalized spacial score (nSPS) is 16.5. The van der Waals surface area contributed by atoms with Gasteiger partial charge in [0.2, 0.25) is 5.82 Å². The van der Waals surface area contributed by atoms with Gasteiger partial charge in [-0.3, -0.25) is 0 Å². The van der Waals surface area contributed by atoms with Crippen LogP contribution in [0.15, 0.2) is 53.1 Å². The van der Waals surface area contributed by atoms with Crippen LogP contribution < -0.4 is 10.1 Å². The summed E-state index contributed by atoms with van der Waals surface area (Å²) in [5.74, 6) is 1.38. The van der Waals surface area contributed by atoms with E-state index in [1.165, 1.54) is 11.1 Å². The first-order valence-corrected chi connectivity index (χ1v) is 8.16. The fourth-order valence-corrected chi connectivity index (χ4v) is 3.19. The van der Waals surface area contributed by atoms with Crippen molar-refractivity contribution in [2.45, 2.75) is 25.3 Å². The van der Waals surface area contributed by atoms with Gasteiger partial charge in [0.15, 0.2) is 0 Å². The first-order valence-electron chi connectivity index (χ1n) is 8.16. The predicted octanol–water partition coefficient (Wildman–Crippen LogP) is 4.23. The van der Waals surface area contributed by atoms with Crippen LogP contribution >= 0.6 is 0 Å². The highest BCUT2D eigenvalue weighted by Crippen LogP contribution is 2.32. The van der Waals surface area contributed by atoms with Crippen LogP contribution in [0.25, 0.3) is 11.4 Å². The molecule has 1 aliphatic carbocycles. The Morgan fingerprint density at radius 2 is 1.96 bits per heavy atom. The van der Waals surface area contributed by atoms with Crippen LogP contribution in [0, 0.1) is 0 Å². The molecule has 0 spiro atoms. The number of methoxy groups -OCH3 is 1. The Labute approximate surface area is 140 Å². The van der Waals surface area contributed by atoms with Crippen molar-refractivity contribution in [2.75, 3.05) is 12.4 Å². The lowest BCUT2D eigenvalue weighted by Gasteiger charge is -2.25. The highest BCUT2D eigenvalue weighted by molar-refractivity contribution is 5.56. The smallest absolute Gasteiger partial charge is 0.322 e. The minimum Gasteiger partial charge on any atom is -0.497 e. The molecule has 4 rings (SSSR count). The number of anilines is 1. The van der Waals surface area contributed by atoms with E-state index in [2.05, 4.69) is 39.7 Å². The summed E-state index contributed by atoms with van der Waals surface area (Å²) >= 11 is 0. The Hall–Kier alpha value is -2.82. The van der Waals surface area contributed by atoms with E-state index in [0.717, 1.165) is 30.6 Å². The quantitative estimate of drug-likeness (QED) is 0.779. The van der Waals surface area contributed by atoms with Crippen molar-refractivity contribution in [3.05, 3.63) is 59.7 Å². The summed E-state index contributed by atoms with van der Waals surface area (Å²) in [4.78, 5) is 4.47. The highest BCUT2D eigenvalue weighted by Gasteiger charge is 2.21. The Kier molecular flexibility index (Phi) is 3.91. The molecule has 0 fully saturated rings. The van der Waals surface area contributed by atoms with Gasteiger partial charge in [0.1, 0.15) is 5.75 Å². The average Bonchev–Trinajstić information content (AvgIpc) is 3.11. The van der Waals surface area contributed by atoms with Crippen LogP contribution in [0.2, 0.25) is 0 Å². The number of aromatic nitrogens is 2. The third kappa shape index (κ3) is 2.85. The van der Waals surface area contributed by atoms with Crippen molar-refractivity contribution in [2.24, 2.45) is 0 Å². The highest BCUT2D eigenvalue weighted by atomic mass is 16.5. The molecule has 0 aliphatic heterocycles. The van der Waals surface area contributed by atoms with Crippen LogP contribution in [0.5, 0.6) is 5.75 Å². The molecule has 0 amide bonds. The zero-order valence-electron chi connectivity index (χ0n) is 13.5. The van der Waals surface area contributed by atoms with E-state index in [1.54, 1.807) is 7.11 Å². The second-order valence-corrected chi connectivity index (χ2v) is 5.94. The summed E-state index contributed by atoms with van der Waals surface area (Å²) < 4.78 is 10.6. The number of aryl methyl sites for hydroxylation is 1. The summed E-state index contributed by atoms with van der Waals surface area (Å²) in [5, 5.41) is 7.46. The van der Waals surface area contributed by atoms with E-state index < -0.39 is 0 Å². The summed E-state index contributed by atoms with van der Waals surface area (Å²) in [5.41, 5.74) is 3.63. The van der Waals surface area contributed by atoms with Gasteiger partial charge in [0.25, 0.3) is 0 Å². The first-order chi connectivity index (χ1) is 11.8. The molecule has 1 aliphatic rings. The molecule has 0 saturated heterocycles. The molecule has 24 heavy (non-hydrogen) atoms. The van der Waals surface area contributed by atoms with Gasteiger partial charge < -0.3 is 14.6 Å². The third-order valence-corrected chi connectivity index (χ3v) is 4.44. The lowest BCUT2D eigenvalue weighted by molar-refractivity contribution is 0.414. The van der Waals surface area contributed by atoms with Crippen LogP contribution in [0.3, 0.4) is 0 Å². The van der Waals surface area contributed by atoms with Crippen LogP contribution in [0.1, 0.15) is 30.0 Å². The Morgan fingerprint density at radius 1 is 1.12 bits per heavy atom. The van der Waals surface area contributed by atoms with E-state index >= 15 is 0 Å². The number of rotatable bonds is 4. The van der Waals surface area contributed by atoms with Crippen molar-refractivity contribution < 1.29 is 9.26 Å². The van der Waals surface area contributed by atoms with Gasteiger partial charge in [0, 0.05) is 5.56 Å². The number of ether oxygens (including phenoxy) is 1. The molecule has 1 N–H and O–H groups in total. The lowest BCUT2D eigenvalue weighted by atomic mass is 9.88. The van der Waals surface area contributed by atoms with Gasteiger partial charge in [-0.05, 0) is 54.7 Å². The molecule has 5 heteroatoms. The maximum atomic E-state index is 5.39. The molecule has 1 aromatic heterocycles. The number of nitrogens with zero attached hydrogens (tertiary/aromatic N) is 2. The van der Waals surface area contributed by atoms with Crippen molar-refractivity contribution in [1.29, 1.82) is 0 Å². The van der Waals surface area contributed by atoms with Crippen LogP contribution in [-0.4, -0.2) is 17.3 Å². The fourth-order valence-electron chi connectivity index (χ4n) is 3.19. The second kappa shape index (κ2) is 6.35. The van der Waals surface area contributed by atoms with E-state index in [-0.39, 0.29) is 6.04 Å². The summed E-state index contributed by atoms with van der Waals surface area (Å²) in [6, 6.07) is 16.8. The molecule has 0 bridgehead atoms. The van der Waals surface area contributed by atoms with Crippen molar-refractivity contribution in [3.63, 3.8) is 0 Å². The molecular weight excluding hydrogens is 302 g/mol. The summed E-state index contributed by atoms with van der Waals surface area (Å²) in [6.07, 6.45) is 3.36.